The Bertz CT molecular complexity index is 734. The van der Waals surface area contributed by atoms with Gasteiger partial charge in [0.25, 0.3) is 0 Å². The van der Waals surface area contributed by atoms with Gasteiger partial charge in [0.15, 0.2) is 11.7 Å². The third-order valence-electron chi connectivity index (χ3n) is 5.00. The summed E-state index contributed by atoms with van der Waals surface area (Å²) in [7, 11) is 0. The largest absolute Gasteiger partial charge is 0.439 e. The summed E-state index contributed by atoms with van der Waals surface area (Å²) in [5.41, 5.74) is 2.26. The summed E-state index contributed by atoms with van der Waals surface area (Å²) in [4.78, 5) is 11.5. The lowest BCUT2D eigenvalue weighted by Crippen LogP contribution is -2.42. The van der Waals surface area contributed by atoms with Crippen molar-refractivity contribution in [3.63, 3.8) is 0 Å². The van der Waals surface area contributed by atoms with Gasteiger partial charge in [0.1, 0.15) is 6.54 Å². The van der Waals surface area contributed by atoms with Gasteiger partial charge in [0, 0.05) is 18.2 Å². The van der Waals surface area contributed by atoms with Crippen LogP contribution < -0.4 is 10.6 Å². The van der Waals surface area contributed by atoms with Crippen LogP contribution in [0.15, 0.2) is 39.9 Å². The highest BCUT2D eigenvalue weighted by atomic mass is 16.4. The fourth-order valence-electron chi connectivity index (χ4n) is 3.17. The van der Waals surface area contributed by atoms with E-state index in [0.717, 1.165) is 49.9 Å². The smallest absolute Gasteiger partial charge is 0.216 e. The number of benzene rings is 1. The molecule has 0 saturated carbocycles. The van der Waals surface area contributed by atoms with Crippen LogP contribution in [-0.2, 0) is 6.54 Å². The van der Waals surface area contributed by atoms with Crippen molar-refractivity contribution in [2.75, 3.05) is 26.2 Å². The Morgan fingerprint density at radius 3 is 2.55 bits per heavy atom. The van der Waals surface area contributed by atoms with E-state index in [1.807, 2.05) is 0 Å². The molecule has 0 saturated heterocycles. The van der Waals surface area contributed by atoms with Crippen molar-refractivity contribution in [2.24, 2.45) is 4.99 Å². The second kappa shape index (κ2) is 12.3. The van der Waals surface area contributed by atoms with Gasteiger partial charge in [-0.1, -0.05) is 43.7 Å². The standard InChI is InChI=1S/C23H37N5O/c1-6-24-23(27-19(5)10-9-15-28(7-2)8-3)26-17-22-25-16-21(29-22)20-13-11-18(4)12-14-20/h11-14,16,19H,6-10,15,17H2,1-5H3,(H2,24,26,27). The zero-order valence-corrected chi connectivity index (χ0v) is 18.7. The number of aryl methyl sites for hydroxylation is 1. The van der Waals surface area contributed by atoms with Crippen LogP contribution in [0.4, 0.5) is 0 Å². The Morgan fingerprint density at radius 1 is 1.17 bits per heavy atom. The molecule has 0 bridgehead atoms. The summed E-state index contributed by atoms with van der Waals surface area (Å²) < 4.78 is 5.88. The average Bonchev–Trinajstić information content (AvgIpc) is 3.19. The molecule has 6 heteroatoms. The Kier molecular flexibility index (Phi) is 9.71. The fourth-order valence-corrected chi connectivity index (χ4v) is 3.17. The molecule has 1 atom stereocenters. The van der Waals surface area contributed by atoms with Crippen molar-refractivity contribution in [3.8, 4) is 11.3 Å². The molecule has 2 N–H and O–H groups in total. The maximum atomic E-state index is 5.88. The molecule has 0 spiro atoms. The van der Waals surface area contributed by atoms with Gasteiger partial charge in [-0.3, -0.25) is 0 Å². The third kappa shape index (κ3) is 7.89. The second-order valence-corrected chi connectivity index (χ2v) is 7.39. The molecular formula is C23H37N5O. The summed E-state index contributed by atoms with van der Waals surface area (Å²) in [5.74, 6) is 2.20. The number of aliphatic imine (C=N–C) groups is 1. The van der Waals surface area contributed by atoms with Crippen molar-refractivity contribution < 1.29 is 4.42 Å². The van der Waals surface area contributed by atoms with E-state index in [1.54, 1.807) is 6.20 Å². The molecule has 160 valence electrons. The van der Waals surface area contributed by atoms with Crippen LogP contribution in [0.1, 0.15) is 52.0 Å². The van der Waals surface area contributed by atoms with Crippen LogP contribution >= 0.6 is 0 Å². The monoisotopic (exact) mass is 399 g/mol. The van der Waals surface area contributed by atoms with E-state index in [4.69, 9.17) is 4.42 Å². The van der Waals surface area contributed by atoms with Crippen LogP contribution in [-0.4, -0.2) is 48.1 Å². The zero-order valence-electron chi connectivity index (χ0n) is 18.7. The molecule has 0 aliphatic heterocycles. The average molecular weight is 400 g/mol. The van der Waals surface area contributed by atoms with E-state index >= 15 is 0 Å². The molecule has 0 radical (unpaired) electrons. The number of rotatable bonds is 11. The van der Waals surface area contributed by atoms with E-state index in [9.17, 15) is 0 Å². The molecule has 6 nitrogen and oxygen atoms in total. The van der Waals surface area contributed by atoms with Gasteiger partial charge in [-0.25, -0.2) is 9.98 Å². The number of nitrogens with one attached hydrogen (secondary N) is 2. The highest BCUT2D eigenvalue weighted by molar-refractivity contribution is 5.79. The Balaban J connectivity index is 1.89. The van der Waals surface area contributed by atoms with Crippen LogP contribution in [0.3, 0.4) is 0 Å². The Labute approximate surface area is 175 Å². The highest BCUT2D eigenvalue weighted by Crippen LogP contribution is 2.21. The maximum absolute atomic E-state index is 5.88. The number of hydrogen-bond donors (Lipinski definition) is 2. The fraction of sp³-hybridized carbons (Fsp3) is 0.565. The van der Waals surface area contributed by atoms with E-state index in [0.29, 0.717) is 18.5 Å². The van der Waals surface area contributed by atoms with Gasteiger partial charge < -0.3 is 20.0 Å². The van der Waals surface area contributed by atoms with Gasteiger partial charge in [-0.05, 0) is 53.2 Å². The molecule has 0 amide bonds. The first-order valence-corrected chi connectivity index (χ1v) is 10.8. The SMILES string of the molecule is CCNC(=NCc1ncc(-c2ccc(C)cc2)o1)NC(C)CCCN(CC)CC. The van der Waals surface area contributed by atoms with Crippen molar-refractivity contribution >= 4 is 5.96 Å². The molecule has 1 heterocycles. The normalized spacial score (nSPS) is 13.0. The minimum atomic E-state index is 0.357. The molecule has 1 aromatic heterocycles. The van der Waals surface area contributed by atoms with Crippen LogP contribution in [0.25, 0.3) is 11.3 Å². The van der Waals surface area contributed by atoms with Gasteiger partial charge >= 0.3 is 0 Å². The number of nitrogens with zero attached hydrogens (tertiary/aromatic N) is 3. The molecule has 0 aliphatic rings. The summed E-state index contributed by atoms with van der Waals surface area (Å²) in [6.07, 6.45) is 4.05. The lowest BCUT2D eigenvalue weighted by Gasteiger charge is -2.21. The number of hydrogen-bond acceptors (Lipinski definition) is 4. The first-order chi connectivity index (χ1) is 14.0. The second-order valence-electron chi connectivity index (χ2n) is 7.39. The number of aromatic nitrogens is 1. The summed E-state index contributed by atoms with van der Waals surface area (Å²) in [5, 5.41) is 6.80. The summed E-state index contributed by atoms with van der Waals surface area (Å²) in [6.45, 7) is 15.4. The van der Waals surface area contributed by atoms with Gasteiger partial charge in [-0.2, -0.15) is 0 Å². The van der Waals surface area contributed by atoms with E-state index in [-0.39, 0.29) is 0 Å². The van der Waals surface area contributed by atoms with E-state index in [2.05, 4.69) is 84.4 Å². The lowest BCUT2D eigenvalue weighted by molar-refractivity contribution is 0.292. The van der Waals surface area contributed by atoms with Crippen molar-refractivity contribution in [1.29, 1.82) is 0 Å². The van der Waals surface area contributed by atoms with Crippen molar-refractivity contribution in [3.05, 3.63) is 41.9 Å². The van der Waals surface area contributed by atoms with Gasteiger partial charge in [0.05, 0.1) is 6.20 Å². The Hall–Kier alpha value is -2.34. The minimum absolute atomic E-state index is 0.357. The number of oxazole rings is 1. The predicted molar refractivity (Wildman–Crippen MR) is 121 cm³/mol. The van der Waals surface area contributed by atoms with Gasteiger partial charge in [0.2, 0.25) is 5.89 Å². The van der Waals surface area contributed by atoms with Crippen molar-refractivity contribution in [2.45, 2.75) is 60.0 Å². The topological polar surface area (TPSA) is 65.7 Å². The Morgan fingerprint density at radius 2 is 1.90 bits per heavy atom. The summed E-state index contributed by atoms with van der Waals surface area (Å²) in [6, 6.07) is 8.61. The van der Waals surface area contributed by atoms with Gasteiger partial charge in [-0.15, -0.1) is 0 Å². The predicted octanol–water partition coefficient (Wildman–Crippen LogP) is 4.22. The van der Waals surface area contributed by atoms with Crippen LogP contribution in [0.5, 0.6) is 0 Å². The van der Waals surface area contributed by atoms with Crippen LogP contribution in [0, 0.1) is 6.92 Å². The molecule has 0 fully saturated rings. The third-order valence-corrected chi connectivity index (χ3v) is 5.00. The first kappa shape index (κ1) is 22.9. The van der Waals surface area contributed by atoms with E-state index in [1.165, 1.54) is 12.0 Å². The first-order valence-electron chi connectivity index (χ1n) is 10.8. The quantitative estimate of drug-likeness (QED) is 0.438. The molecular weight excluding hydrogens is 362 g/mol. The highest BCUT2D eigenvalue weighted by Gasteiger charge is 2.09. The van der Waals surface area contributed by atoms with Crippen LogP contribution in [0.2, 0.25) is 0 Å². The molecule has 1 aromatic carbocycles. The van der Waals surface area contributed by atoms with Crippen molar-refractivity contribution in [1.82, 2.24) is 20.5 Å². The summed E-state index contributed by atoms with van der Waals surface area (Å²) >= 11 is 0. The molecule has 0 aliphatic carbocycles. The zero-order chi connectivity index (χ0) is 21.1. The minimum Gasteiger partial charge on any atom is -0.439 e. The van der Waals surface area contributed by atoms with E-state index < -0.39 is 0 Å². The molecule has 1 unspecified atom stereocenters. The molecule has 2 aromatic rings. The molecule has 2 rings (SSSR count). The maximum Gasteiger partial charge on any atom is 0.216 e. The lowest BCUT2D eigenvalue weighted by atomic mass is 10.1. The number of guanidine groups is 1. The molecule has 29 heavy (non-hydrogen) atoms.